The predicted octanol–water partition coefficient (Wildman–Crippen LogP) is 1.75. The Kier molecular flexibility index (Phi) is 2.68. The molecule has 0 amide bonds. The topological polar surface area (TPSA) is 107 Å². The van der Waals surface area contributed by atoms with E-state index in [2.05, 4.69) is 15.4 Å². The number of rotatable bonds is 1. The van der Waals surface area contributed by atoms with Gasteiger partial charge in [0.2, 0.25) is 0 Å². The van der Waals surface area contributed by atoms with Gasteiger partial charge < -0.3 is 15.5 Å². The molecule has 0 fully saturated rings. The Bertz CT molecular complexity index is 720. The largest absolute Gasteiger partial charge is 0.458 e. The van der Waals surface area contributed by atoms with Crippen molar-refractivity contribution in [3.63, 3.8) is 0 Å². The van der Waals surface area contributed by atoms with Crippen LogP contribution in [0.25, 0.3) is 0 Å². The van der Waals surface area contributed by atoms with Crippen molar-refractivity contribution < 1.29 is 4.42 Å². The van der Waals surface area contributed by atoms with Crippen molar-refractivity contribution in [2.75, 3.05) is 11.1 Å². The second-order valence-electron chi connectivity index (χ2n) is 6.35. The van der Waals surface area contributed by atoms with Crippen molar-refractivity contribution in [2.24, 2.45) is 16.1 Å². The predicted molar refractivity (Wildman–Crippen MR) is 82.0 cm³/mol. The average Bonchev–Trinajstić information content (AvgIpc) is 2.95. The first-order valence-corrected chi connectivity index (χ1v) is 6.79. The molecule has 3 rings (SSSR count). The Hall–Kier alpha value is -2.28. The normalized spacial score (nSPS) is 21.7. The van der Waals surface area contributed by atoms with Crippen LogP contribution in [0.15, 0.2) is 27.7 Å². The summed E-state index contributed by atoms with van der Waals surface area (Å²) < 4.78 is 7.29. The lowest BCUT2D eigenvalue weighted by atomic mass is 9.87. The summed E-state index contributed by atoms with van der Waals surface area (Å²) in [6.07, 6.45) is 1.57. The Morgan fingerprint density at radius 3 is 2.62 bits per heavy atom. The fourth-order valence-electron chi connectivity index (χ4n) is 2.14. The molecule has 0 bridgehead atoms. The van der Waals surface area contributed by atoms with Crippen LogP contribution in [0.2, 0.25) is 0 Å². The third kappa shape index (κ3) is 2.01. The number of fused-ring (bicyclic) bond motifs is 1. The van der Waals surface area contributed by atoms with Crippen LogP contribution in [-0.4, -0.2) is 21.4 Å². The Balaban J connectivity index is 2.22. The zero-order chi connectivity index (χ0) is 15.4. The third-order valence-electron chi connectivity index (χ3n) is 3.69. The molecular weight excluding hydrogens is 268 g/mol. The highest BCUT2D eigenvalue weighted by Gasteiger charge is 2.43. The molecule has 2 aromatic heterocycles. The first kappa shape index (κ1) is 13.7. The SMILES string of the molecule is Cc1ccc(C2=NC(N)(C(C)(C)C)Nc3c(N)cnn32)o1. The van der Waals surface area contributed by atoms with Crippen LogP contribution in [0.1, 0.15) is 32.3 Å². The van der Waals surface area contributed by atoms with Crippen molar-refractivity contribution >= 4 is 17.3 Å². The van der Waals surface area contributed by atoms with E-state index in [9.17, 15) is 0 Å². The molecule has 0 radical (unpaired) electrons. The molecule has 0 aromatic carbocycles. The number of aromatic nitrogens is 2. The van der Waals surface area contributed by atoms with Crippen LogP contribution < -0.4 is 16.8 Å². The minimum atomic E-state index is -1.01. The molecule has 0 aliphatic carbocycles. The van der Waals surface area contributed by atoms with Crippen molar-refractivity contribution in [3.8, 4) is 0 Å². The van der Waals surface area contributed by atoms with E-state index < -0.39 is 5.79 Å². The molecule has 5 N–H and O–H groups in total. The number of nitrogens with zero attached hydrogens (tertiary/aromatic N) is 3. The molecule has 2 aromatic rings. The average molecular weight is 288 g/mol. The van der Waals surface area contributed by atoms with E-state index in [1.54, 1.807) is 10.9 Å². The van der Waals surface area contributed by atoms with E-state index in [1.807, 2.05) is 39.8 Å². The molecule has 21 heavy (non-hydrogen) atoms. The maximum Gasteiger partial charge on any atom is 0.197 e. The molecule has 7 nitrogen and oxygen atoms in total. The summed E-state index contributed by atoms with van der Waals surface area (Å²) in [5, 5.41) is 7.45. The van der Waals surface area contributed by atoms with Crippen molar-refractivity contribution in [1.29, 1.82) is 0 Å². The molecule has 7 heteroatoms. The van der Waals surface area contributed by atoms with Crippen molar-refractivity contribution in [2.45, 2.75) is 33.5 Å². The van der Waals surface area contributed by atoms with Crippen LogP contribution in [0.4, 0.5) is 11.5 Å². The van der Waals surface area contributed by atoms with Gasteiger partial charge in [0.05, 0.1) is 11.9 Å². The summed E-state index contributed by atoms with van der Waals surface area (Å²) in [6, 6.07) is 3.73. The van der Waals surface area contributed by atoms with Gasteiger partial charge in [-0.05, 0) is 19.1 Å². The standard InChI is InChI=1S/C14H20N6O/c1-8-5-6-10(21-8)12-19-14(16,13(2,3)4)18-11-9(15)7-17-20(11)12/h5-7,18H,15-16H2,1-4H3. The number of nitrogens with one attached hydrogen (secondary N) is 1. The Morgan fingerprint density at radius 2 is 2.05 bits per heavy atom. The van der Waals surface area contributed by atoms with Gasteiger partial charge in [-0.3, -0.25) is 5.73 Å². The van der Waals surface area contributed by atoms with E-state index in [1.165, 1.54) is 0 Å². The van der Waals surface area contributed by atoms with Gasteiger partial charge in [-0.2, -0.15) is 9.78 Å². The van der Waals surface area contributed by atoms with E-state index in [4.69, 9.17) is 15.9 Å². The van der Waals surface area contributed by atoms with E-state index in [0.29, 0.717) is 23.1 Å². The van der Waals surface area contributed by atoms with Gasteiger partial charge in [-0.15, -0.1) is 0 Å². The molecule has 0 spiro atoms. The van der Waals surface area contributed by atoms with Crippen molar-refractivity contribution in [1.82, 2.24) is 9.78 Å². The van der Waals surface area contributed by atoms with Crippen LogP contribution in [0.5, 0.6) is 0 Å². The summed E-state index contributed by atoms with van der Waals surface area (Å²) >= 11 is 0. The zero-order valence-electron chi connectivity index (χ0n) is 12.6. The molecule has 0 saturated carbocycles. The van der Waals surface area contributed by atoms with Crippen LogP contribution >= 0.6 is 0 Å². The monoisotopic (exact) mass is 288 g/mol. The second-order valence-corrected chi connectivity index (χ2v) is 6.35. The van der Waals surface area contributed by atoms with Crippen LogP contribution in [0.3, 0.4) is 0 Å². The van der Waals surface area contributed by atoms with E-state index in [0.717, 1.165) is 5.76 Å². The lowest BCUT2D eigenvalue weighted by Crippen LogP contribution is -2.59. The second kappa shape index (κ2) is 4.11. The minimum absolute atomic E-state index is 0.332. The fourth-order valence-corrected chi connectivity index (χ4v) is 2.14. The maximum absolute atomic E-state index is 6.48. The van der Waals surface area contributed by atoms with Gasteiger partial charge in [-0.25, -0.2) is 4.99 Å². The number of anilines is 2. The van der Waals surface area contributed by atoms with Gasteiger partial charge >= 0.3 is 0 Å². The summed E-state index contributed by atoms with van der Waals surface area (Å²) in [4.78, 5) is 4.66. The summed E-state index contributed by atoms with van der Waals surface area (Å²) in [5.41, 5.74) is 12.6. The first-order chi connectivity index (χ1) is 9.71. The minimum Gasteiger partial charge on any atom is -0.458 e. The van der Waals surface area contributed by atoms with Crippen LogP contribution in [0, 0.1) is 12.3 Å². The van der Waals surface area contributed by atoms with E-state index >= 15 is 0 Å². The molecule has 112 valence electrons. The Labute approximate surface area is 123 Å². The number of furan rings is 1. The smallest absolute Gasteiger partial charge is 0.197 e. The lowest BCUT2D eigenvalue weighted by Gasteiger charge is -2.41. The fraction of sp³-hybridized carbons (Fsp3) is 0.429. The summed E-state index contributed by atoms with van der Waals surface area (Å²) in [7, 11) is 0. The molecule has 1 aliphatic heterocycles. The number of nitrogen functional groups attached to an aromatic ring is 1. The highest BCUT2D eigenvalue weighted by molar-refractivity contribution is 6.02. The van der Waals surface area contributed by atoms with Gasteiger partial charge in [0.15, 0.2) is 23.2 Å². The number of hydrogen-bond donors (Lipinski definition) is 3. The molecular formula is C14H20N6O. The quantitative estimate of drug-likeness (QED) is 0.741. The number of hydrogen-bond acceptors (Lipinski definition) is 6. The molecule has 3 heterocycles. The highest BCUT2D eigenvalue weighted by Crippen LogP contribution is 2.36. The van der Waals surface area contributed by atoms with Gasteiger partial charge in [0.1, 0.15) is 5.76 Å². The summed E-state index contributed by atoms with van der Waals surface area (Å²) in [5.74, 6) is 1.58. The van der Waals surface area contributed by atoms with Gasteiger partial charge in [-0.1, -0.05) is 20.8 Å². The number of nitrogens with two attached hydrogens (primary N) is 2. The molecule has 0 saturated heterocycles. The lowest BCUT2D eigenvalue weighted by molar-refractivity contribution is 0.224. The highest BCUT2D eigenvalue weighted by atomic mass is 16.3. The zero-order valence-corrected chi connectivity index (χ0v) is 12.6. The Morgan fingerprint density at radius 1 is 1.33 bits per heavy atom. The summed E-state index contributed by atoms with van der Waals surface area (Å²) in [6.45, 7) is 7.91. The maximum atomic E-state index is 6.48. The van der Waals surface area contributed by atoms with Gasteiger partial charge in [0.25, 0.3) is 0 Å². The molecule has 1 aliphatic rings. The third-order valence-corrected chi connectivity index (χ3v) is 3.69. The number of aliphatic imine (C=N–C) groups is 1. The van der Waals surface area contributed by atoms with Crippen molar-refractivity contribution in [3.05, 3.63) is 29.9 Å². The number of aryl methyl sites for hydroxylation is 1. The van der Waals surface area contributed by atoms with E-state index in [-0.39, 0.29) is 5.41 Å². The van der Waals surface area contributed by atoms with Gasteiger partial charge in [0, 0.05) is 5.41 Å². The van der Waals surface area contributed by atoms with Crippen LogP contribution in [-0.2, 0) is 0 Å². The molecule has 1 atom stereocenters. The first-order valence-electron chi connectivity index (χ1n) is 6.79. The molecule has 1 unspecified atom stereocenters.